The molecule has 2 fully saturated rings. The number of ether oxygens (including phenoxy) is 1. The molecular weight excluding hydrogens is 503 g/mol. The van der Waals surface area contributed by atoms with Crippen molar-refractivity contribution < 1.29 is 23.9 Å². The van der Waals surface area contributed by atoms with Crippen molar-refractivity contribution in [1.29, 1.82) is 0 Å². The fraction of sp³-hybridized carbons (Fsp3) is 0.333. The molecule has 0 radical (unpaired) electrons. The quantitative estimate of drug-likeness (QED) is 0.352. The normalized spacial score (nSPS) is 24.1. The van der Waals surface area contributed by atoms with Crippen LogP contribution in [0, 0.1) is 18.8 Å². The number of carbonyl (C=O) groups excluding carboxylic acids is 4. The molecule has 1 heterocycles. The number of hydrogen-bond acceptors (Lipinski definition) is 5. The molecule has 1 aliphatic carbocycles. The van der Waals surface area contributed by atoms with Crippen molar-refractivity contribution in [1.82, 2.24) is 0 Å². The molecule has 2 aromatic rings. The molecule has 0 spiro atoms. The number of rotatable bonds is 5. The highest BCUT2D eigenvalue weighted by Gasteiger charge is 2.52. The minimum Gasteiger partial charge on any atom is -0.452 e. The standard InChI is InChI=1S/C24H21Cl3N2O5/c1-12-5-6-14(8-18(12)25)28-21(30)11-34-24(33)13-3-2-4-15(7-13)29-22(31)16-9-19(26)20(27)10-17(16)23(29)32/h2-8,16-17,19-20H,9-11H2,1H3,(H,28,30)/t16-,17+,19+,20-. The molecule has 2 aromatic carbocycles. The van der Waals surface area contributed by atoms with Gasteiger partial charge in [-0.05, 0) is 55.7 Å². The highest BCUT2D eigenvalue weighted by atomic mass is 35.5. The molecule has 34 heavy (non-hydrogen) atoms. The maximum atomic E-state index is 12.9. The van der Waals surface area contributed by atoms with E-state index < -0.39 is 30.3 Å². The molecule has 1 aliphatic heterocycles. The third-order valence-electron chi connectivity index (χ3n) is 6.04. The number of carbonyl (C=O) groups is 4. The number of benzene rings is 2. The topological polar surface area (TPSA) is 92.8 Å². The van der Waals surface area contributed by atoms with Crippen LogP contribution in [0.1, 0.15) is 28.8 Å². The number of esters is 1. The van der Waals surface area contributed by atoms with Crippen molar-refractivity contribution in [3.63, 3.8) is 0 Å². The molecule has 178 valence electrons. The lowest BCUT2D eigenvalue weighted by Crippen LogP contribution is -2.34. The summed E-state index contributed by atoms with van der Waals surface area (Å²) in [5, 5.41) is 2.33. The second kappa shape index (κ2) is 9.94. The second-order valence-electron chi connectivity index (χ2n) is 8.37. The summed E-state index contributed by atoms with van der Waals surface area (Å²) in [7, 11) is 0. The Bertz CT molecular complexity index is 1140. The van der Waals surface area contributed by atoms with E-state index in [0.29, 0.717) is 23.6 Å². The molecule has 2 aliphatic rings. The lowest BCUT2D eigenvalue weighted by molar-refractivity contribution is -0.122. The summed E-state index contributed by atoms with van der Waals surface area (Å²) in [5.41, 5.74) is 1.70. The van der Waals surface area contributed by atoms with E-state index in [1.54, 1.807) is 24.3 Å². The van der Waals surface area contributed by atoms with E-state index in [2.05, 4.69) is 5.32 Å². The Labute approximate surface area is 211 Å². The van der Waals surface area contributed by atoms with E-state index in [1.165, 1.54) is 18.2 Å². The van der Waals surface area contributed by atoms with E-state index in [-0.39, 0.29) is 33.8 Å². The largest absolute Gasteiger partial charge is 0.452 e. The summed E-state index contributed by atoms with van der Waals surface area (Å²) in [6.45, 7) is 1.32. The van der Waals surface area contributed by atoms with Gasteiger partial charge in [0, 0.05) is 10.7 Å². The van der Waals surface area contributed by atoms with Crippen molar-refractivity contribution >= 4 is 69.9 Å². The molecule has 0 unspecified atom stereocenters. The zero-order chi connectivity index (χ0) is 24.6. The predicted octanol–water partition coefficient (Wildman–Crippen LogP) is 4.56. The second-order valence-corrected chi connectivity index (χ2v) is 9.90. The number of fused-ring (bicyclic) bond motifs is 1. The molecule has 4 atom stereocenters. The van der Waals surface area contributed by atoms with Crippen molar-refractivity contribution in [3.8, 4) is 0 Å². The summed E-state index contributed by atoms with van der Waals surface area (Å²) in [5.74, 6) is -3.07. The number of nitrogens with zero attached hydrogens (tertiary/aromatic N) is 1. The van der Waals surface area contributed by atoms with Crippen LogP contribution in [-0.2, 0) is 19.1 Å². The van der Waals surface area contributed by atoms with Crippen LogP contribution in [0.15, 0.2) is 42.5 Å². The fourth-order valence-electron chi connectivity index (χ4n) is 4.20. The van der Waals surface area contributed by atoms with Crippen LogP contribution in [0.2, 0.25) is 5.02 Å². The summed E-state index contributed by atoms with van der Waals surface area (Å²) < 4.78 is 5.10. The molecule has 10 heteroatoms. The SMILES string of the molecule is Cc1ccc(NC(=O)COC(=O)c2cccc(N3C(=O)[C@H]4C[C@@H](Cl)[C@@H](Cl)C[C@H]4C3=O)c2)cc1Cl. The monoisotopic (exact) mass is 522 g/mol. The maximum Gasteiger partial charge on any atom is 0.338 e. The lowest BCUT2D eigenvalue weighted by atomic mass is 9.80. The van der Waals surface area contributed by atoms with Gasteiger partial charge in [-0.3, -0.25) is 19.3 Å². The van der Waals surface area contributed by atoms with Crippen LogP contribution in [0.3, 0.4) is 0 Å². The Morgan fingerprint density at radius 1 is 1.03 bits per heavy atom. The van der Waals surface area contributed by atoms with E-state index in [4.69, 9.17) is 39.5 Å². The van der Waals surface area contributed by atoms with Crippen molar-refractivity contribution in [3.05, 3.63) is 58.6 Å². The first-order valence-electron chi connectivity index (χ1n) is 10.6. The highest BCUT2D eigenvalue weighted by Crippen LogP contribution is 2.43. The van der Waals surface area contributed by atoms with Crippen LogP contribution < -0.4 is 10.2 Å². The molecule has 7 nitrogen and oxygen atoms in total. The van der Waals surface area contributed by atoms with Crippen molar-refractivity contribution in [2.45, 2.75) is 30.5 Å². The molecular formula is C24H21Cl3N2O5. The number of amides is 3. The highest BCUT2D eigenvalue weighted by molar-refractivity contribution is 6.32. The smallest absolute Gasteiger partial charge is 0.338 e. The van der Waals surface area contributed by atoms with E-state index in [0.717, 1.165) is 10.5 Å². The Morgan fingerprint density at radius 3 is 2.29 bits per heavy atom. The minimum atomic E-state index is -0.767. The number of alkyl halides is 2. The first-order chi connectivity index (χ1) is 16.2. The summed E-state index contributed by atoms with van der Waals surface area (Å²) in [6.07, 6.45) is 0.648. The molecule has 4 rings (SSSR count). The van der Waals surface area contributed by atoms with E-state index in [9.17, 15) is 19.2 Å². The van der Waals surface area contributed by atoms with E-state index >= 15 is 0 Å². The average molecular weight is 524 g/mol. The summed E-state index contributed by atoms with van der Waals surface area (Å²) in [6, 6.07) is 11.0. The average Bonchev–Trinajstić information content (AvgIpc) is 3.04. The third kappa shape index (κ3) is 4.92. The Balaban J connectivity index is 1.41. The summed E-state index contributed by atoms with van der Waals surface area (Å²) >= 11 is 18.5. The molecule has 0 bridgehead atoms. The first-order valence-corrected chi connectivity index (χ1v) is 11.9. The number of hydrogen-bond donors (Lipinski definition) is 1. The van der Waals surface area contributed by atoms with Gasteiger partial charge in [-0.1, -0.05) is 23.7 Å². The number of nitrogens with one attached hydrogen (secondary N) is 1. The van der Waals surface area contributed by atoms with Gasteiger partial charge >= 0.3 is 5.97 Å². The Hall–Kier alpha value is -2.61. The van der Waals surface area contributed by atoms with Gasteiger partial charge in [0.15, 0.2) is 6.61 Å². The van der Waals surface area contributed by atoms with Crippen LogP contribution in [0.4, 0.5) is 11.4 Å². The van der Waals surface area contributed by atoms with Crippen LogP contribution in [0.5, 0.6) is 0 Å². The van der Waals surface area contributed by atoms with Gasteiger partial charge in [-0.15, -0.1) is 23.2 Å². The molecule has 1 saturated heterocycles. The lowest BCUT2D eigenvalue weighted by Gasteiger charge is -2.28. The van der Waals surface area contributed by atoms with Gasteiger partial charge in [0.2, 0.25) is 11.8 Å². The summed E-state index contributed by atoms with van der Waals surface area (Å²) in [4.78, 5) is 51.6. The minimum absolute atomic E-state index is 0.101. The Morgan fingerprint density at radius 2 is 1.68 bits per heavy atom. The zero-order valence-electron chi connectivity index (χ0n) is 18.1. The third-order valence-corrected chi connectivity index (χ3v) is 7.54. The molecule has 3 amide bonds. The zero-order valence-corrected chi connectivity index (χ0v) is 20.4. The van der Waals surface area contributed by atoms with Gasteiger partial charge in [-0.2, -0.15) is 0 Å². The number of aryl methyl sites for hydroxylation is 1. The van der Waals surface area contributed by atoms with Crippen molar-refractivity contribution in [2.24, 2.45) is 11.8 Å². The van der Waals surface area contributed by atoms with Gasteiger partial charge in [0.1, 0.15) is 0 Å². The maximum absolute atomic E-state index is 12.9. The molecule has 0 aromatic heterocycles. The van der Waals surface area contributed by atoms with Gasteiger partial charge < -0.3 is 10.1 Å². The van der Waals surface area contributed by atoms with Crippen LogP contribution in [0.25, 0.3) is 0 Å². The number of anilines is 2. The van der Waals surface area contributed by atoms with Gasteiger partial charge in [-0.25, -0.2) is 4.79 Å². The number of imide groups is 1. The van der Waals surface area contributed by atoms with E-state index in [1.807, 2.05) is 6.92 Å². The predicted molar refractivity (Wildman–Crippen MR) is 130 cm³/mol. The fourth-order valence-corrected chi connectivity index (χ4v) is 4.97. The molecule has 1 N–H and O–H groups in total. The van der Waals surface area contributed by atoms with Crippen LogP contribution >= 0.6 is 34.8 Å². The Kier molecular flexibility index (Phi) is 7.17. The van der Waals surface area contributed by atoms with Crippen LogP contribution in [-0.4, -0.2) is 41.1 Å². The first kappa shape index (κ1) is 24.5. The van der Waals surface area contributed by atoms with Crippen molar-refractivity contribution in [2.75, 3.05) is 16.8 Å². The molecule has 1 saturated carbocycles. The van der Waals surface area contributed by atoms with Gasteiger partial charge in [0.05, 0.1) is 33.8 Å². The number of halogens is 3. The van der Waals surface area contributed by atoms with Gasteiger partial charge in [0.25, 0.3) is 5.91 Å².